The molecule has 1 N–H and O–H groups in total. The Kier molecular flexibility index (Phi) is 7.38. The summed E-state index contributed by atoms with van der Waals surface area (Å²) in [5.74, 6) is 1.12. The van der Waals surface area contributed by atoms with E-state index < -0.39 is 0 Å². The lowest BCUT2D eigenvalue weighted by atomic mass is 10.0. The number of benzene rings is 1. The van der Waals surface area contributed by atoms with Gasteiger partial charge in [-0.15, -0.1) is 0 Å². The normalized spacial score (nSPS) is 22.5. The highest BCUT2D eigenvalue weighted by Crippen LogP contribution is 2.35. The SMILES string of the molecule is COc1ccc(/C=C2\SC3C=CC(C(=O)NC4CCCCCC4)=CC3=[N+](C)C2=O)cc1OC. The Balaban J connectivity index is 1.54. The van der Waals surface area contributed by atoms with Gasteiger partial charge in [0.2, 0.25) is 5.71 Å². The fourth-order valence-electron chi connectivity index (χ4n) is 4.46. The molecule has 0 radical (unpaired) electrons. The Labute approximate surface area is 199 Å². The third kappa shape index (κ3) is 5.24. The topological polar surface area (TPSA) is 67.6 Å². The first kappa shape index (κ1) is 23.4. The Bertz CT molecular complexity index is 1060. The summed E-state index contributed by atoms with van der Waals surface area (Å²) in [6.07, 6.45) is 14.5. The summed E-state index contributed by atoms with van der Waals surface area (Å²) in [5.41, 5.74) is 2.31. The zero-order valence-electron chi connectivity index (χ0n) is 19.4. The standard InChI is InChI=1S/C26H30N2O4S/c1-28-20-16-18(25(29)27-19-8-6-4-5-7-9-19)11-13-23(20)33-24(26(28)30)15-17-10-12-21(31-2)22(14-17)32-3/h10-16,19,23H,4-9H2,1-3H3/p+1/b24-15-. The molecule has 3 aliphatic rings. The second-order valence-electron chi connectivity index (χ2n) is 8.57. The van der Waals surface area contributed by atoms with Crippen LogP contribution in [0.1, 0.15) is 44.1 Å². The van der Waals surface area contributed by atoms with Crippen LogP contribution in [0.2, 0.25) is 0 Å². The fraction of sp³-hybridized carbons (Fsp3) is 0.423. The van der Waals surface area contributed by atoms with Crippen LogP contribution in [0.25, 0.3) is 6.08 Å². The zero-order valence-corrected chi connectivity index (χ0v) is 20.2. The van der Waals surface area contributed by atoms with E-state index in [2.05, 4.69) is 5.32 Å². The zero-order chi connectivity index (χ0) is 23.4. The van der Waals surface area contributed by atoms with Gasteiger partial charge in [0.15, 0.2) is 11.5 Å². The highest BCUT2D eigenvalue weighted by Gasteiger charge is 2.38. The molecule has 7 heteroatoms. The van der Waals surface area contributed by atoms with Crippen LogP contribution in [0, 0.1) is 0 Å². The monoisotopic (exact) mass is 467 g/mol. The molecule has 0 aromatic heterocycles. The van der Waals surface area contributed by atoms with Gasteiger partial charge in [-0.25, -0.2) is 4.79 Å². The van der Waals surface area contributed by atoms with Gasteiger partial charge in [-0.3, -0.25) is 4.79 Å². The molecule has 4 rings (SSSR count). The molecule has 0 spiro atoms. The van der Waals surface area contributed by atoms with Gasteiger partial charge in [-0.2, -0.15) is 4.58 Å². The largest absolute Gasteiger partial charge is 0.493 e. The Morgan fingerprint density at radius 1 is 1.12 bits per heavy atom. The van der Waals surface area contributed by atoms with Crippen molar-refractivity contribution in [3.05, 3.63) is 52.5 Å². The number of amides is 2. The third-order valence-electron chi connectivity index (χ3n) is 6.36. The maximum Gasteiger partial charge on any atom is 0.425 e. The second-order valence-corrected chi connectivity index (χ2v) is 9.75. The molecule has 1 fully saturated rings. The maximum absolute atomic E-state index is 13.1. The first-order valence-corrected chi connectivity index (χ1v) is 12.3. The number of rotatable bonds is 5. The summed E-state index contributed by atoms with van der Waals surface area (Å²) in [5, 5.41) is 3.18. The first-order chi connectivity index (χ1) is 16.0. The van der Waals surface area contributed by atoms with E-state index in [-0.39, 0.29) is 23.1 Å². The fourth-order valence-corrected chi connectivity index (χ4v) is 5.68. The summed E-state index contributed by atoms with van der Waals surface area (Å²) in [7, 11) is 4.95. The number of methoxy groups -OCH3 is 2. The number of carbonyl (C=O) groups excluding carboxylic acids is 2. The average molecular weight is 468 g/mol. The van der Waals surface area contributed by atoms with Crippen molar-refractivity contribution in [1.82, 2.24) is 5.32 Å². The molecule has 1 aromatic rings. The number of hydrogen-bond donors (Lipinski definition) is 1. The molecule has 2 amide bonds. The molecule has 6 nitrogen and oxygen atoms in total. The molecule has 0 bridgehead atoms. The Morgan fingerprint density at radius 3 is 2.55 bits per heavy atom. The van der Waals surface area contributed by atoms with Crippen molar-refractivity contribution in [2.75, 3.05) is 21.3 Å². The van der Waals surface area contributed by atoms with E-state index in [0.717, 1.165) is 24.1 Å². The van der Waals surface area contributed by atoms with Crippen molar-refractivity contribution in [3.63, 3.8) is 0 Å². The van der Waals surface area contributed by atoms with E-state index in [9.17, 15) is 9.59 Å². The van der Waals surface area contributed by atoms with E-state index in [4.69, 9.17) is 9.47 Å². The molecule has 1 heterocycles. The molecule has 1 atom stereocenters. The number of hydrogen-bond acceptors (Lipinski definition) is 5. The molecule has 1 aromatic carbocycles. The molecule has 2 aliphatic carbocycles. The third-order valence-corrected chi connectivity index (χ3v) is 7.56. The van der Waals surface area contributed by atoms with Gasteiger partial charge in [-0.05, 0) is 36.6 Å². The van der Waals surface area contributed by atoms with E-state index >= 15 is 0 Å². The van der Waals surface area contributed by atoms with Gasteiger partial charge in [0.05, 0.1) is 14.2 Å². The quantitative estimate of drug-likeness (QED) is 0.401. The van der Waals surface area contributed by atoms with Crippen LogP contribution in [0.5, 0.6) is 11.5 Å². The van der Waals surface area contributed by atoms with Crippen molar-refractivity contribution in [2.45, 2.75) is 49.8 Å². The van der Waals surface area contributed by atoms with Crippen LogP contribution < -0.4 is 14.8 Å². The number of carbonyl (C=O) groups is 2. The highest BCUT2D eigenvalue weighted by molar-refractivity contribution is 8.05. The molecular formula is C26H31N2O4S+. The van der Waals surface area contributed by atoms with Crippen molar-refractivity contribution < 1.29 is 23.6 Å². The smallest absolute Gasteiger partial charge is 0.425 e. The summed E-state index contributed by atoms with van der Waals surface area (Å²) in [6, 6.07) is 5.82. The number of likely N-dealkylation sites (N-methyl/N-ethyl adjacent to an activating group) is 1. The molecule has 1 aliphatic heterocycles. The highest BCUT2D eigenvalue weighted by atomic mass is 32.2. The summed E-state index contributed by atoms with van der Waals surface area (Å²) < 4.78 is 12.3. The minimum atomic E-state index is -0.0869. The number of nitrogens with one attached hydrogen (secondary N) is 1. The lowest BCUT2D eigenvalue weighted by molar-refractivity contribution is -0.413. The Morgan fingerprint density at radius 2 is 1.85 bits per heavy atom. The van der Waals surface area contributed by atoms with Gasteiger partial charge >= 0.3 is 5.91 Å². The van der Waals surface area contributed by atoms with E-state index in [1.165, 1.54) is 37.4 Å². The summed E-state index contributed by atoms with van der Waals surface area (Å²) >= 11 is 1.50. The van der Waals surface area contributed by atoms with Crippen molar-refractivity contribution in [2.24, 2.45) is 0 Å². The van der Waals surface area contributed by atoms with Crippen LogP contribution in [0.15, 0.2) is 46.9 Å². The van der Waals surface area contributed by atoms with E-state index in [1.54, 1.807) is 25.8 Å². The van der Waals surface area contributed by atoms with Crippen LogP contribution in [-0.4, -0.2) is 54.7 Å². The molecule has 0 saturated heterocycles. The van der Waals surface area contributed by atoms with Gasteiger partial charge in [0.1, 0.15) is 17.2 Å². The van der Waals surface area contributed by atoms with Crippen molar-refractivity contribution >= 4 is 35.4 Å². The van der Waals surface area contributed by atoms with Crippen LogP contribution in [0.4, 0.5) is 0 Å². The molecule has 174 valence electrons. The summed E-state index contributed by atoms with van der Waals surface area (Å²) in [4.78, 5) is 26.6. The molecular weight excluding hydrogens is 436 g/mol. The number of ether oxygens (including phenoxy) is 2. The second kappa shape index (κ2) is 10.4. The molecule has 1 saturated carbocycles. The van der Waals surface area contributed by atoms with Crippen molar-refractivity contribution in [3.8, 4) is 11.5 Å². The lowest BCUT2D eigenvalue weighted by Gasteiger charge is -2.22. The predicted molar refractivity (Wildman–Crippen MR) is 132 cm³/mol. The molecule has 1 unspecified atom stereocenters. The minimum Gasteiger partial charge on any atom is -0.493 e. The van der Waals surface area contributed by atoms with Crippen molar-refractivity contribution in [1.29, 1.82) is 0 Å². The predicted octanol–water partition coefficient (Wildman–Crippen LogP) is 4.11. The Hall–Kier alpha value is -2.80. The van der Waals surface area contributed by atoms with E-state index in [0.29, 0.717) is 22.0 Å². The summed E-state index contributed by atoms with van der Waals surface area (Å²) in [6.45, 7) is 0. The average Bonchev–Trinajstić information content (AvgIpc) is 3.10. The number of thioether (sulfide) groups is 1. The first-order valence-electron chi connectivity index (χ1n) is 11.5. The van der Waals surface area contributed by atoms with Gasteiger partial charge in [0, 0.05) is 17.7 Å². The maximum atomic E-state index is 13.1. The van der Waals surface area contributed by atoms with Crippen LogP contribution in [0.3, 0.4) is 0 Å². The van der Waals surface area contributed by atoms with Gasteiger partial charge in [0.25, 0.3) is 5.91 Å². The van der Waals surface area contributed by atoms with E-state index in [1.807, 2.05) is 42.5 Å². The molecule has 33 heavy (non-hydrogen) atoms. The number of fused-ring (bicyclic) bond motifs is 1. The van der Waals surface area contributed by atoms with Crippen LogP contribution in [-0.2, 0) is 9.59 Å². The number of allylic oxidation sites excluding steroid dienone is 1. The van der Waals surface area contributed by atoms with Gasteiger partial charge in [-0.1, -0.05) is 55.7 Å². The number of nitrogens with zero attached hydrogens (tertiary/aromatic N) is 1. The lowest BCUT2D eigenvalue weighted by Crippen LogP contribution is -2.39. The van der Waals surface area contributed by atoms with Gasteiger partial charge < -0.3 is 14.8 Å². The minimum absolute atomic E-state index is 0.0199. The van der Waals surface area contributed by atoms with Crippen LogP contribution >= 0.6 is 11.8 Å².